The van der Waals surface area contributed by atoms with Gasteiger partial charge < -0.3 is 24.0 Å². The number of halogens is 1. The van der Waals surface area contributed by atoms with E-state index in [2.05, 4.69) is 19.9 Å². The lowest BCUT2D eigenvalue weighted by Gasteiger charge is -2.09. The van der Waals surface area contributed by atoms with Gasteiger partial charge in [-0.25, -0.2) is 0 Å². The van der Waals surface area contributed by atoms with E-state index in [0.29, 0.717) is 12.5 Å². The maximum absolute atomic E-state index is 12.4. The topological polar surface area (TPSA) is 20.9 Å². The number of aromatic nitrogens is 1. The van der Waals surface area contributed by atoms with Crippen LogP contribution in [0.2, 0.25) is 0 Å². The Balaban J connectivity index is 0.00000200. The van der Waals surface area contributed by atoms with Crippen molar-refractivity contribution < 1.29 is 33.3 Å². The molecule has 0 aliphatic rings. The van der Waals surface area contributed by atoms with E-state index in [0.717, 1.165) is 11.1 Å². The van der Waals surface area contributed by atoms with Gasteiger partial charge in [0.2, 0.25) is 12.3 Å². The summed E-state index contributed by atoms with van der Waals surface area (Å²) in [5, 5.41) is 0. The van der Waals surface area contributed by atoms with Crippen LogP contribution in [0.5, 0.6) is 0 Å². The van der Waals surface area contributed by atoms with E-state index >= 15 is 0 Å². The Bertz CT molecular complexity index is 579. The summed E-state index contributed by atoms with van der Waals surface area (Å²) in [4.78, 5) is 12.4. The third-order valence-corrected chi connectivity index (χ3v) is 3.33. The van der Waals surface area contributed by atoms with Crippen LogP contribution in [0.1, 0.15) is 41.3 Å². The van der Waals surface area contributed by atoms with Crippen molar-refractivity contribution in [2.45, 2.75) is 33.2 Å². The van der Waals surface area contributed by atoms with Crippen molar-refractivity contribution in [2.75, 3.05) is 0 Å². The van der Waals surface area contributed by atoms with E-state index in [1.165, 1.54) is 5.56 Å². The fourth-order valence-corrected chi connectivity index (χ4v) is 2.09. The quantitative estimate of drug-likeness (QED) is 0.424. The molecule has 1 aromatic carbocycles. The van der Waals surface area contributed by atoms with Gasteiger partial charge in [0.15, 0.2) is 12.4 Å². The van der Waals surface area contributed by atoms with Gasteiger partial charge in [0.1, 0.15) is 0 Å². The number of nitrogens with zero attached hydrogens (tertiary/aromatic N) is 1. The first-order chi connectivity index (χ1) is 9.08. The summed E-state index contributed by atoms with van der Waals surface area (Å²) >= 11 is 0. The molecule has 0 spiro atoms. The van der Waals surface area contributed by atoms with Crippen LogP contribution < -0.4 is 28.5 Å². The van der Waals surface area contributed by atoms with Crippen molar-refractivity contribution in [2.24, 2.45) is 0 Å². The molecule has 0 fully saturated rings. The number of rotatable bonds is 4. The predicted molar refractivity (Wildman–Crippen MR) is 76.2 cm³/mol. The van der Waals surface area contributed by atoms with Gasteiger partial charge in [-0.2, -0.15) is 4.57 Å². The SMILES string of the molecule is Cc1ccc(C(C)C)cc1C(=O)C[n+]1ccccc1.[I-]. The molecule has 0 amide bonds. The monoisotopic (exact) mass is 381 g/mol. The Morgan fingerprint density at radius 3 is 2.40 bits per heavy atom. The second-order valence-corrected chi connectivity index (χ2v) is 5.20. The van der Waals surface area contributed by atoms with Crippen LogP contribution in [0, 0.1) is 6.92 Å². The molecule has 106 valence electrons. The van der Waals surface area contributed by atoms with E-state index in [-0.39, 0.29) is 29.8 Å². The molecule has 0 unspecified atom stereocenters. The summed E-state index contributed by atoms with van der Waals surface area (Å²) in [6.07, 6.45) is 3.83. The normalized spacial score (nSPS) is 10.2. The molecule has 0 saturated carbocycles. The van der Waals surface area contributed by atoms with Crippen molar-refractivity contribution in [3.05, 3.63) is 65.5 Å². The molecular formula is C17H20INO. The Morgan fingerprint density at radius 2 is 1.80 bits per heavy atom. The van der Waals surface area contributed by atoms with Crippen LogP contribution >= 0.6 is 0 Å². The zero-order valence-corrected chi connectivity index (χ0v) is 14.3. The zero-order valence-electron chi connectivity index (χ0n) is 12.1. The lowest BCUT2D eigenvalue weighted by molar-refractivity contribution is -0.683. The zero-order chi connectivity index (χ0) is 13.8. The molecule has 1 heterocycles. The van der Waals surface area contributed by atoms with Crippen LogP contribution in [0.25, 0.3) is 0 Å². The number of hydrogen-bond acceptors (Lipinski definition) is 1. The van der Waals surface area contributed by atoms with Crippen molar-refractivity contribution in [1.82, 2.24) is 0 Å². The van der Waals surface area contributed by atoms with Crippen LogP contribution in [0.15, 0.2) is 48.8 Å². The number of ketones is 1. The summed E-state index contributed by atoms with van der Waals surface area (Å²) in [7, 11) is 0. The lowest BCUT2D eigenvalue weighted by Crippen LogP contribution is -3.00. The van der Waals surface area contributed by atoms with E-state index in [1.54, 1.807) is 0 Å². The summed E-state index contributed by atoms with van der Waals surface area (Å²) in [6.45, 7) is 6.67. The number of pyridine rings is 1. The second kappa shape index (κ2) is 7.53. The fraction of sp³-hybridized carbons (Fsp3) is 0.294. The van der Waals surface area contributed by atoms with Crippen molar-refractivity contribution >= 4 is 5.78 Å². The third kappa shape index (κ3) is 4.13. The van der Waals surface area contributed by atoms with Gasteiger partial charge in [-0.1, -0.05) is 32.0 Å². The maximum Gasteiger partial charge on any atom is 0.227 e. The molecule has 1 aromatic heterocycles. The smallest absolute Gasteiger partial charge is 0.227 e. The third-order valence-electron chi connectivity index (χ3n) is 3.33. The maximum atomic E-state index is 12.4. The number of carbonyl (C=O) groups is 1. The molecule has 0 bridgehead atoms. The Morgan fingerprint density at radius 1 is 1.15 bits per heavy atom. The number of carbonyl (C=O) groups excluding carboxylic acids is 1. The highest BCUT2D eigenvalue weighted by Gasteiger charge is 2.15. The first-order valence-corrected chi connectivity index (χ1v) is 6.66. The molecule has 0 aliphatic heterocycles. The van der Waals surface area contributed by atoms with Crippen molar-refractivity contribution in [3.63, 3.8) is 0 Å². The second-order valence-electron chi connectivity index (χ2n) is 5.20. The molecule has 0 radical (unpaired) electrons. The van der Waals surface area contributed by atoms with Crippen LogP contribution in [0.4, 0.5) is 0 Å². The summed E-state index contributed by atoms with van der Waals surface area (Å²) in [6, 6.07) is 12.0. The summed E-state index contributed by atoms with van der Waals surface area (Å²) < 4.78 is 1.91. The minimum Gasteiger partial charge on any atom is -1.00 e. The Labute approximate surface area is 137 Å². The Hall–Kier alpha value is -1.23. The van der Waals surface area contributed by atoms with Gasteiger partial charge >= 0.3 is 0 Å². The van der Waals surface area contributed by atoms with Crippen LogP contribution in [0.3, 0.4) is 0 Å². The average Bonchev–Trinajstić information content (AvgIpc) is 2.40. The first-order valence-electron chi connectivity index (χ1n) is 6.66. The van der Waals surface area contributed by atoms with Crippen LogP contribution in [-0.2, 0) is 6.54 Å². The lowest BCUT2D eigenvalue weighted by atomic mass is 9.96. The van der Waals surface area contributed by atoms with Gasteiger partial charge in [-0.05, 0) is 30.0 Å². The molecule has 0 N–H and O–H groups in total. The highest BCUT2D eigenvalue weighted by Crippen LogP contribution is 2.19. The molecule has 2 aromatic rings. The average molecular weight is 381 g/mol. The van der Waals surface area contributed by atoms with Gasteiger partial charge in [0.05, 0.1) is 0 Å². The number of aryl methyl sites for hydroxylation is 1. The number of benzene rings is 1. The summed E-state index contributed by atoms with van der Waals surface area (Å²) in [5.74, 6) is 0.604. The van der Waals surface area contributed by atoms with Gasteiger partial charge in [-0.3, -0.25) is 4.79 Å². The first kappa shape index (κ1) is 16.8. The predicted octanol–water partition coefficient (Wildman–Crippen LogP) is 0.293. The Kier molecular flexibility index (Phi) is 6.33. The number of Topliss-reactive ketones (excluding diaryl/α,β-unsaturated/α-hetero) is 1. The largest absolute Gasteiger partial charge is 1.00 e. The minimum absolute atomic E-state index is 0. The number of hydrogen-bond donors (Lipinski definition) is 0. The molecule has 0 saturated heterocycles. The van der Waals surface area contributed by atoms with E-state index in [9.17, 15) is 4.79 Å². The van der Waals surface area contributed by atoms with Gasteiger partial charge in [0.25, 0.3) is 0 Å². The van der Waals surface area contributed by atoms with Gasteiger partial charge in [0, 0.05) is 17.7 Å². The standard InChI is InChI=1S/C17H20NO.HI/c1-13(2)15-8-7-14(3)16(11-15)17(19)12-18-9-5-4-6-10-18;/h4-11,13H,12H2,1-3H3;1H/q+1;/p-1. The highest BCUT2D eigenvalue weighted by atomic mass is 127. The molecule has 2 nitrogen and oxygen atoms in total. The molecule has 0 aliphatic carbocycles. The molecule has 20 heavy (non-hydrogen) atoms. The fourth-order valence-electron chi connectivity index (χ4n) is 2.09. The van der Waals surface area contributed by atoms with Gasteiger partial charge in [-0.15, -0.1) is 0 Å². The minimum atomic E-state index is 0. The summed E-state index contributed by atoms with van der Waals surface area (Å²) in [5.41, 5.74) is 3.10. The molecule has 0 atom stereocenters. The van der Waals surface area contributed by atoms with E-state index < -0.39 is 0 Å². The van der Waals surface area contributed by atoms with Crippen molar-refractivity contribution in [3.8, 4) is 0 Å². The highest BCUT2D eigenvalue weighted by molar-refractivity contribution is 5.96. The molecule has 2 rings (SSSR count). The molecular weight excluding hydrogens is 361 g/mol. The van der Waals surface area contributed by atoms with E-state index in [1.807, 2.05) is 54.2 Å². The molecule has 3 heteroatoms. The van der Waals surface area contributed by atoms with Crippen LogP contribution in [-0.4, -0.2) is 5.78 Å². The van der Waals surface area contributed by atoms with E-state index in [4.69, 9.17) is 0 Å². The van der Waals surface area contributed by atoms with Crippen molar-refractivity contribution in [1.29, 1.82) is 0 Å².